The van der Waals surface area contributed by atoms with Crippen LogP contribution >= 0.6 is 11.6 Å². The standard InChI is InChI=1S/C16H22ClFN2O/c1-10-5-3-4-6-14(10)19-11(2)16(21)20-15-8-7-12(18)9-13(15)17/h7-11,14,19H,3-6H2,1-2H3,(H,20,21)/p+1/t10-,11-,14+/m0/s1. The van der Waals surface area contributed by atoms with Crippen LogP contribution < -0.4 is 10.6 Å². The van der Waals surface area contributed by atoms with Gasteiger partial charge in [-0.15, -0.1) is 0 Å². The van der Waals surface area contributed by atoms with Crippen LogP contribution in [0.25, 0.3) is 0 Å². The van der Waals surface area contributed by atoms with Crippen molar-refractivity contribution in [1.29, 1.82) is 0 Å². The van der Waals surface area contributed by atoms with E-state index in [0.29, 0.717) is 17.6 Å². The maximum absolute atomic E-state index is 13.0. The summed E-state index contributed by atoms with van der Waals surface area (Å²) in [6.07, 6.45) is 4.93. The van der Waals surface area contributed by atoms with Crippen LogP contribution in [-0.4, -0.2) is 18.0 Å². The zero-order valence-electron chi connectivity index (χ0n) is 12.5. The number of anilines is 1. The number of nitrogens with one attached hydrogen (secondary N) is 1. The van der Waals surface area contributed by atoms with E-state index in [4.69, 9.17) is 11.6 Å². The molecule has 0 aromatic heterocycles. The third kappa shape index (κ3) is 4.42. The van der Waals surface area contributed by atoms with E-state index in [1.165, 1.54) is 37.5 Å². The van der Waals surface area contributed by atoms with Gasteiger partial charge in [0.05, 0.1) is 16.8 Å². The van der Waals surface area contributed by atoms with E-state index in [0.717, 1.165) is 6.42 Å². The minimum absolute atomic E-state index is 0.0960. The SMILES string of the molecule is C[C@H]([NH2+][C@@H]1CCCC[C@@H]1C)C(=O)Nc1ccc(F)cc1Cl. The number of nitrogens with two attached hydrogens (primary N) is 1. The van der Waals surface area contributed by atoms with Gasteiger partial charge in [0.1, 0.15) is 5.82 Å². The number of quaternary nitrogens is 1. The van der Waals surface area contributed by atoms with E-state index >= 15 is 0 Å². The Bertz CT molecular complexity index is 509. The Labute approximate surface area is 130 Å². The number of amides is 1. The van der Waals surface area contributed by atoms with Gasteiger partial charge in [0.25, 0.3) is 5.91 Å². The first kappa shape index (κ1) is 16.2. The molecule has 3 N–H and O–H groups in total. The Morgan fingerprint density at radius 2 is 2.14 bits per heavy atom. The summed E-state index contributed by atoms with van der Waals surface area (Å²) in [7, 11) is 0. The number of carbonyl (C=O) groups excluding carboxylic acids is 1. The molecule has 116 valence electrons. The largest absolute Gasteiger partial charge is 0.334 e. The van der Waals surface area contributed by atoms with E-state index < -0.39 is 5.82 Å². The van der Waals surface area contributed by atoms with Gasteiger partial charge in [-0.25, -0.2) is 4.39 Å². The van der Waals surface area contributed by atoms with Crippen LogP contribution in [0, 0.1) is 11.7 Å². The highest BCUT2D eigenvalue weighted by Gasteiger charge is 2.28. The summed E-state index contributed by atoms with van der Waals surface area (Å²) in [5.74, 6) is 0.137. The van der Waals surface area contributed by atoms with Gasteiger partial charge in [-0.05, 0) is 44.4 Å². The van der Waals surface area contributed by atoms with E-state index in [-0.39, 0.29) is 17.0 Å². The zero-order chi connectivity index (χ0) is 15.4. The summed E-state index contributed by atoms with van der Waals surface area (Å²) in [6, 6.07) is 4.30. The maximum atomic E-state index is 13.0. The molecule has 1 aromatic rings. The molecule has 0 spiro atoms. The van der Waals surface area contributed by atoms with Gasteiger partial charge in [0, 0.05) is 5.92 Å². The van der Waals surface area contributed by atoms with Crippen LogP contribution in [0.4, 0.5) is 10.1 Å². The van der Waals surface area contributed by atoms with E-state index in [1.54, 1.807) is 0 Å². The van der Waals surface area contributed by atoms with Gasteiger partial charge in [-0.1, -0.05) is 24.9 Å². The van der Waals surface area contributed by atoms with Gasteiger partial charge in [-0.2, -0.15) is 0 Å². The van der Waals surface area contributed by atoms with Crippen LogP contribution in [0.1, 0.15) is 39.5 Å². The average Bonchev–Trinajstić information content (AvgIpc) is 2.44. The smallest absolute Gasteiger partial charge is 0.282 e. The molecular formula is C16H23ClFN2O+. The topological polar surface area (TPSA) is 45.7 Å². The summed E-state index contributed by atoms with van der Waals surface area (Å²) >= 11 is 5.93. The number of rotatable bonds is 4. The van der Waals surface area contributed by atoms with Crippen LogP contribution in [0.3, 0.4) is 0 Å². The molecular weight excluding hydrogens is 291 g/mol. The second-order valence-corrected chi connectivity index (χ2v) is 6.43. The maximum Gasteiger partial charge on any atom is 0.282 e. The molecule has 0 bridgehead atoms. The Morgan fingerprint density at radius 1 is 1.43 bits per heavy atom. The first-order chi connectivity index (χ1) is 9.97. The molecule has 1 fully saturated rings. The number of hydrogen-bond acceptors (Lipinski definition) is 1. The quantitative estimate of drug-likeness (QED) is 0.882. The van der Waals surface area contributed by atoms with Gasteiger partial charge >= 0.3 is 0 Å². The first-order valence-corrected chi connectivity index (χ1v) is 7.96. The third-order valence-electron chi connectivity index (χ3n) is 4.32. The van der Waals surface area contributed by atoms with Crippen molar-refractivity contribution in [3.05, 3.63) is 29.0 Å². The lowest BCUT2D eigenvalue weighted by Gasteiger charge is -2.28. The average molecular weight is 314 g/mol. The molecule has 1 amide bonds. The van der Waals surface area contributed by atoms with Gasteiger partial charge in [-0.3, -0.25) is 4.79 Å². The molecule has 1 aliphatic carbocycles. The highest BCUT2D eigenvalue weighted by molar-refractivity contribution is 6.33. The fraction of sp³-hybridized carbons (Fsp3) is 0.562. The predicted molar refractivity (Wildman–Crippen MR) is 82.8 cm³/mol. The summed E-state index contributed by atoms with van der Waals surface area (Å²) in [4.78, 5) is 12.2. The van der Waals surface area contributed by atoms with Crippen LogP contribution in [0.2, 0.25) is 5.02 Å². The normalized spacial score (nSPS) is 23.6. The molecule has 0 heterocycles. The molecule has 1 aliphatic rings. The fourth-order valence-electron chi connectivity index (χ4n) is 2.93. The monoisotopic (exact) mass is 313 g/mol. The molecule has 0 aliphatic heterocycles. The van der Waals surface area contributed by atoms with Crippen LogP contribution in [0.5, 0.6) is 0 Å². The Balaban J connectivity index is 1.92. The van der Waals surface area contributed by atoms with E-state index in [1.807, 2.05) is 6.92 Å². The van der Waals surface area contributed by atoms with Crippen molar-refractivity contribution >= 4 is 23.2 Å². The van der Waals surface area contributed by atoms with Crippen molar-refractivity contribution in [1.82, 2.24) is 0 Å². The molecule has 1 aromatic carbocycles. The highest BCUT2D eigenvalue weighted by atomic mass is 35.5. The summed E-state index contributed by atoms with van der Waals surface area (Å²) in [5.41, 5.74) is 0.458. The predicted octanol–water partition coefficient (Wildman–Crippen LogP) is 2.95. The van der Waals surface area contributed by atoms with E-state index in [9.17, 15) is 9.18 Å². The summed E-state index contributed by atoms with van der Waals surface area (Å²) < 4.78 is 13.0. The third-order valence-corrected chi connectivity index (χ3v) is 4.63. The van der Waals surface area contributed by atoms with Crippen LogP contribution in [0.15, 0.2) is 18.2 Å². The molecule has 2 rings (SSSR count). The van der Waals surface area contributed by atoms with Crippen LogP contribution in [-0.2, 0) is 4.79 Å². The number of hydrogen-bond donors (Lipinski definition) is 2. The van der Waals surface area contributed by atoms with E-state index in [2.05, 4.69) is 17.6 Å². The number of halogens is 2. The molecule has 0 radical (unpaired) electrons. The number of benzene rings is 1. The Kier molecular flexibility index (Phi) is 5.59. The fourth-order valence-corrected chi connectivity index (χ4v) is 3.14. The van der Waals surface area contributed by atoms with Crippen molar-refractivity contribution in [2.24, 2.45) is 5.92 Å². The second kappa shape index (κ2) is 7.23. The zero-order valence-corrected chi connectivity index (χ0v) is 13.3. The number of carbonyl (C=O) groups is 1. The highest BCUT2D eigenvalue weighted by Crippen LogP contribution is 2.23. The molecule has 1 saturated carbocycles. The molecule has 21 heavy (non-hydrogen) atoms. The molecule has 3 nitrogen and oxygen atoms in total. The lowest BCUT2D eigenvalue weighted by Crippen LogP contribution is -2.97. The Morgan fingerprint density at radius 3 is 2.81 bits per heavy atom. The van der Waals surface area contributed by atoms with Gasteiger partial charge in [0.15, 0.2) is 6.04 Å². The first-order valence-electron chi connectivity index (χ1n) is 7.58. The minimum atomic E-state index is -0.409. The Hall–Kier alpha value is -1.13. The molecule has 0 saturated heterocycles. The van der Waals surface area contributed by atoms with Crippen molar-refractivity contribution in [2.75, 3.05) is 5.32 Å². The molecule has 0 unspecified atom stereocenters. The van der Waals surface area contributed by atoms with Gasteiger partial charge < -0.3 is 10.6 Å². The second-order valence-electron chi connectivity index (χ2n) is 6.02. The molecule has 5 heteroatoms. The minimum Gasteiger partial charge on any atom is -0.334 e. The lowest BCUT2D eigenvalue weighted by atomic mass is 9.85. The molecule has 3 atom stereocenters. The summed E-state index contributed by atoms with van der Waals surface area (Å²) in [6.45, 7) is 4.15. The van der Waals surface area contributed by atoms with Gasteiger partial charge in [0.2, 0.25) is 0 Å². The van der Waals surface area contributed by atoms with Crippen molar-refractivity contribution in [2.45, 2.75) is 51.6 Å². The van der Waals surface area contributed by atoms with Crippen molar-refractivity contribution in [3.63, 3.8) is 0 Å². The summed E-state index contributed by atoms with van der Waals surface area (Å²) in [5, 5.41) is 5.15. The van der Waals surface area contributed by atoms with Crippen molar-refractivity contribution < 1.29 is 14.5 Å². The lowest BCUT2D eigenvalue weighted by molar-refractivity contribution is -0.714. The van der Waals surface area contributed by atoms with Crippen molar-refractivity contribution in [3.8, 4) is 0 Å².